The van der Waals surface area contributed by atoms with Gasteiger partial charge in [0, 0.05) is 37.9 Å². The maximum absolute atomic E-state index is 12.5. The molecule has 0 saturated heterocycles. The Morgan fingerprint density at radius 1 is 1.32 bits per heavy atom. The van der Waals surface area contributed by atoms with E-state index in [-0.39, 0.29) is 17.7 Å². The lowest BCUT2D eigenvalue weighted by Crippen LogP contribution is -2.35. The summed E-state index contributed by atoms with van der Waals surface area (Å²) in [4.78, 5) is 34.5. The lowest BCUT2D eigenvalue weighted by molar-refractivity contribution is -0.122. The average molecular weight is 376 g/mol. The molecule has 1 saturated carbocycles. The van der Waals surface area contributed by atoms with Crippen LogP contribution in [0, 0.1) is 17.2 Å². The highest BCUT2D eigenvalue weighted by atomic mass is 16.2. The standard InChI is InChI=1S/C20H20N6O2/c21-8-13-7-14(10-22-9-13)11-24-18-4-3-16-17(25-18)12-26(20(16)28)6-5-23-19(27)15-1-2-15/h3-4,7,9-10,15H,1-2,5-6,11-12H2,(H,23,27)(H,24,25). The van der Waals surface area contributed by atoms with Gasteiger partial charge in [-0.2, -0.15) is 5.26 Å². The van der Waals surface area contributed by atoms with E-state index in [4.69, 9.17) is 5.26 Å². The Bertz CT molecular complexity index is 963. The molecule has 8 nitrogen and oxygen atoms in total. The van der Waals surface area contributed by atoms with E-state index in [1.165, 1.54) is 6.20 Å². The zero-order chi connectivity index (χ0) is 19.5. The van der Waals surface area contributed by atoms with Crippen molar-refractivity contribution in [2.24, 2.45) is 5.92 Å². The van der Waals surface area contributed by atoms with Gasteiger partial charge in [-0.25, -0.2) is 4.98 Å². The molecule has 2 aliphatic rings. The van der Waals surface area contributed by atoms with Crippen molar-refractivity contribution >= 4 is 17.6 Å². The molecule has 1 aliphatic heterocycles. The van der Waals surface area contributed by atoms with Crippen molar-refractivity contribution in [3.05, 3.63) is 53.0 Å². The number of rotatable bonds is 7. The van der Waals surface area contributed by atoms with Crippen LogP contribution in [0.2, 0.25) is 0 Å². The zero-order valence-electron chi connectivity index (χ0n) is 15.3. The number of pyridine rings is 2. The molecule has 1 aliphatic carbocycles. The molecule has 0 atom stereocenters. The van der Waals surface area contributed by atoms with E-state index in [0.717, 1.165) is 24.1 Å². The van der Waals surface area contributed by atoms with Gasteiger partial charge in [-0.15, -0.1) is 0 Å². The normalized spacial score (nSPS) is 15.1. The molecule has 2 aromatic heterocycles. The fourth-order valence-electron chi connectivity index (χ4n) is 3.16. The third-order valence-electron chi connectivity index (χ3n) is 4.86. The minimum atomic E-state index is -0.0550. The van der Waals surface area contributed by atoms with Crippen LogP contribution in [0.1, 0.15) is 40.0 Å². The van der Waals surface area contributed by atoms with Crippen LogP contribution >= 0.6 is 0 Å². The first kappa shape index (κ1) is 17.9. The summed E-state index contributed by atoms with van der Waals surface area (Å²) in [5, 5.41) is 15.0. The third kappa shape index (κ3) is 3.93. The Balaban J connectivity index is 1.33. The van der Waals surface area contributed by atoms with Crippen LogP contribution in [0.3, 0.4) is 0 Å². The molecule has 2 amide bonds. The molecule has 0 unspecified atom stereocenters. The number of nitrogens with one attached hydrogen (secondary N) is 2. The average Bonchev–Trinajstić information content (AvgIpc) is 3.52. The summed E-state index contributed by atoms with van der Waals surface area (Å²) in [6, 6.07) is 7.39. The minimum Gasteiger partial charge on any atom is -0.366 e. The van der Waals surface area contributed by atoms with E-state index in [2.05, 4.69) is 26.7 Å². The first-order valence-corrected chi connectivity index (χ1v) is 9.29. The topological polar surface area (TPSA) is 111 Å². The number of nitrogens with zero attached hydrogens (tertiary/aromatic N) is 4. The molecule has 142 valence electrons. The zero-order valence-corrected chi connectivity index (χ0v) is 15.3. The summed E-state index contributed by atoms with van der Waals surface area (Å²) in [6.07, 6.45) is 5.15. The van der Waals surface area contributed by atoms with E-state index >= 15 is 0 Å². The van der Waals surface area contributed by atoms with Gasteiger partial charge in [0.2, 0.25) is 5.91 Å². The van der Waals surface area contributed by atoms with Crippen molar-refractivity contribution in [3.63, 3.8) is 0 Å². The first-order chi connectivity index (χ1) is 13.6. The fraction of sp³-hybridized carbons (Fsp3) is 0.350. The maximum Gasteiger partial charge on any atom is 0.256 e. The molecule has 4 rings (SSSR count). The third-order valence-corrected chi connectivity index (χ3v) is 4.86. The Morgan fingerprint density at radius 2 is 2.18 bits per heavy atom. The van der Waals surface area contributed by atoms with Crippen LogP contribution in [-0.2, 0) is 17.9 Å². The first-order valence-electron chi connectivity index (χ1n) is 9.29. The molecular weight excluding hydrogens is 356 g/mol. The lowest BCUT2D eigenvalue weighted by Gasteiger charge is -2.15. The van der Waals surface area contributed by atoms with Gasteiger partial charge >= 0.3 is 0 Å². The smallest absolute Gasteiger partial charge is 0.256 e. The Morgan fingerprint density at radius 3 is 2.96 bits per heavy atom. The van der Waals surface area contributed by atoms with E-state index < -0.39 is 0 Å². The second-order valence-electron chi connectivity index (χ2n) is 7.03. The number of hydrogen-bond acceptors (Lipinski definition) is 6. The SMILES string of the molecule is N#Cc1cncc(CNc2ccc3c(n2)CN(CCNC(=O)C2CC2)C3=O)c1. The number of fused-ring (bicyclic) bond motifs is 1. The van der Waals surface area contributed by atoms with Gasteiger partial charge in [0.25, 0.3) is 5.91 Å². The predicted octanol–water partition coefficient (Wildman–Crippen LogP) is 1.44. The molecule has 0 bridgehead atoms. The second kappa shape index (κ2) is 7.64. The number of carbonyl (C=O) groups is 2. The molecule has 1 fully saturated rings. The molecule has 8 heteroatoms. The van der Waals surface area contributed by atoms with Crippen molar-refractivity contribution in [1.29, 1.82) is 5.26 Å². The second-order valence-corrected chi connectivity index (χ2v) is 7.03. The highest BCUT2D eigenvalue weighted by Crippen LogP contribution is 2.28. The summed E-state index contributed by atoms with van der Waals surface area (Å²) in [5.41, 5.74) is 2.72. The van der Waals surface area contributed by atoms with E-state index in [9.17, 15) is 9.59 Å². The minimum absolute atomic E-state index is 0.0550. The van der Waals surface area contributed by atoms with Crippen LogP contribution in [0.5, 0.6) is 0 Å². The summed E-state index contributed by atoms with van der Waals surface area (Å²) in [5.74, 6) is 0.869. The summed E-state index contributed by atoms with van der Waals surface area (Å²) >= 11 is 0. The number of amides is 2. The highest BCUT2D eigenvalue weighted by molar-refractivity contribution is 5.98. The van der Waals surface area contributed by atoms with Gasteiger partial charge in [-0.3, -0.25) is 14.6 Å². The largest absolute Gasteiger partial charge is 0.366 e. The van der Waals surface area contributed by atoms with Crippen LogP contribution in [-0.4, -0.2) is 39.8 Å². The molecule has 0 radical (unpaired) electrons. The van der Waals surface area contributed by atoms with Gasteiger partial charge in [0.1, 0.15) is 11.9 Å². The van der Waals surface area contributed by atoms with E-state index in [0.29, 0.717) is 43.1 Å². The molecule has 0 spiro atoms. The molecule has 2 aromatic rings. The van der Waals surface area contributed by atoms with Crippen molar-refractivity contribution in [1.82, 2.24) is 20.2 Å². The number of anilines is 1. The van der Waals surface area contributed by atoms with Crippen molar-refractivity contribution in [3.8, 4) is 6.07 Å². The molecule has 28 heavy (non-hydrogen) atoms. The highest BCUT2D eigenvalue weighted by Gasteiger charge is 2.31. The van der Waals surface area contributed by atoms with Crippen molar-refractivity contribution in [2.75, 3.05) is 18.4 Å². The van der Waals surface area contributed by atoms with Crippen LogP contribution in [0.15, 0.2) is 30.6 Å². The molecule has 3 heterocycles. The Hall–Kier alpha value is -3.47. The quantitative estimate of drug-likeness (QED) is 0.756. The Labute approximate surface area is 162 Å². The molecule has 0 aromatic carbocycles. The number of carbonyl (C=O) groups excluding carboxylic acids is 2. The number of aromatic nitrogens is 2. The van der Waals surface area contributed by atoms with Gasteiger partial charge in [0.15, 0.2) is 0 Å². The van der Waals surface area contributed by atoms with Crippen molar-refractivity contribution in [2.45, 2.75) is 25.9 Å². The van der Waals surface area contributed by atoms with E-state index in [1.807, 2.05) is 0 Å². The van der Waals surface area contributed by atoms with Crippen LogP contribution in [0.25, 0.3) is 0 Å². The molecular formula is C20H20N6O2. The Kier molecular flexibility index (Phi) is 4.89. The van der Waals surface area contributed by atoms with Gasteiger partial charge in [0.05, 0.1) is 23.4 Å². The van der Waals surface area contributed by atoms with Crippen molar-refractivity contribution < 1.29 is 9.59 Å². The van der Waals surface area contributed by atoms with Crippen LogP contribution < -0.4 is 10.6 Å². The van der Waals surface area contributed by atoms with E-state index in [1.54, 1.807) is 29.3 Å². The summed E-state index contributed by atoms with van der Waals surface area (Å²) in [6.45, 7) is 1.86. The summed E-state index contributed by atoms with van der Waals surface area (Å²) < 4.78 is 0. The predicted molar refractivity (Wildman–Crippen MR) is 101 cm³/mol. The fourth-order valence-corrected chi connectivity index (χ4v) is 3.16. The molecule has 2 N–H and O–H groups in total. The van der Waals surface area contributed by atoms with Gasteiger partial charge in [-0.1, -0.05) is 0 Å². The van der Waals surface area contributed by atoms with Crippen LogP contribution in [0.4, 0.5) is 5.82 Å². The maximum atomic E-state index is 12.5. The van der Waals surface area contributed by atoms with Gasteiger partial charge in [-0.05, 0) is 36.6 Å². The monoisotopic (exact) mass is 376 g/mol. The number of nitriles is 1. The van der Waals surface area contributed by atoms with Gasteiger partial charge < -0.3 is 15.5 Å². The lowest BCUT2D eigenvalue weighted by atomic mass is 10.2. The summed E-state index contributed by atoms with van der Waals surface area (Å²) in [7, 11) is 0. The number of hydrogen-bond donors (Lipinski definition) is 2.